The lowest BCUT2D eigenvalue weighted by molar-refractivity contribution is 0.304. The molecule has 1 rings (SSSR count). The first-order valence-electron chi connectivity index (χ1n) is 9.93. The van der Waals surface area contributed by atoms with Crippen LogP contribution in [0.25, 0.3) is 0 Å². The summed E-state index contributed by atoms with van der Waals surface area (Å²) in [6.07, 6.45) is 6.25. The average Bonchev–Trinajstić information content (AvgIpc) is 2.53. The molecule has 0 N–H and O–H groups in total. The van der Waals surface area contributed by atoms with Gasteiger partial charge < -0.3 is 4.74 Å². The molecular weight excluding hydrogens is 348 g/mol. The number of unbranched alkanes of at least 4 members (excludes halogenated alkanes) is 4. The van der Waals surface area contributed by atoms with Crippen molar-refractivity contribution >= 4 is 16.1 Å². The Labute approximate surface area is 164 Å². The fraction of sp³-hybridized carbons (Fsp3) is 0.565. The molecule has 142 valence electrons. The molecule has 1 aromatic rings. The van der Waals surface area contributed by atoms with Crippen LogP contribution in [0.2, 0.25) is 39.3 Å². The van der Waals surface area contributed by atoms with E-state index in [1.54, 1.807) is 0 Å². The van der Waals surface area contributed by atoms with E-state index in [1.165, 1.54) is 25.7 Å². The molecule has 0 unspecified atom stereocenters. The van der Waals surface area contributed by atoms with Gasteiger partial charge in [-0.2, -0.15) is 0 Å². The van der Waals surface area contributed by atoms with Gasteiger partial charge in [-0.25, -0.2) is 0 Å². The van der Waals surface area contributed by atoms with Crippen LogP contribution in [0.1, 0.15) is 50.2 Å². The predicted octanol–water partition coefficient (Wildman–Crippen LogP) is 6.49. The monoisotopic (exact) mass is 384 g/mol. The molecule has 0 aliphatic heterocycles. The zero-order chi connectivity index (χ0) is 19.6. The van der Waals surface area contributed by atoms with Gasteiger partial charge >= 0.3 is 0 Å². The molecule has 0 heterocycles. The van der Waals surface area contributed by atoms with Crippen molar-refractivity contribution in [3.63, 3.8) is 0 Å². The molecule has 0 radical (unpaired) electrons. The highest BCUT2D eigenvalue weighted by Crippen LogP contribution is 2.18. The highest BCUT2D eigenvalue weighted by atomic mass is 28.3. The van der Waals surface area contributed by atoms with E-state index in [1.807, 2.05) is 0 Å². The van der Waals surface area contributed by atoms with Crippen molar-refractivity contribution < 1.29 is 4.74 Å². The first-order valence-corrected chi connectivity index (χ1v) is 16.9. The minimum Gasteiger partial charge on any atom is -0.494 e. The molecule has 1 aromatic carbocycles. The first-order chi connectivity index (χ1) is 12.1. The molecule has 1 nitrogen and oxygen atoms in total. The van der Waals surface area contributed by atoms with Crippen molar-refractivity contribution in [3.05, 3.63) is 29.3 Å². The van der Waals surface area contributed by atoms with E-state index < -0.39 is 16.1 Å². The lowest BCUT2D eigenvalue weighted by atomic mass is 10.1. The summed E-state index contributed by atoms with van der Waals surface area (Å²) in [5, 5.41) is 0. The van der Waals surface area contributed by atoms with Crippen molar-refractivity contribution in [2.24, 2.45) is 0 Å². The van der Waals surface area contributed by atoms with Crippen LogP contribution < -0.4 is 4.74 Å². The normalized spacial score (nSPS) is 11.2. The minimum absolute atomic E-state index is 0.773. The molecule has 3 heteroatoms. The summed E-state index contributed by atoms with van der Waals surface area (Å²) in [6.45, 7) is 16.6. The number of ether oxygens (including phenoxy) is 1. The molecule has 0 spiro atoms. The van der Waals surface area contributed by atoms with Gasteiger partial charge in [-0.05, 0) is 24.6 Å². The maximum Gasteiger partial charge on any atom is 0.129 e. The average molecular weight is 385 g/mol. The fourth-order valence-corrected chi connectivity index (χ4v) is 3.28. The molecule has 0 aromatic heterocycles. The van der Waals surface area contributed by atoms with Gasteiger partial charge in [0.2, 0.25) is 0 Å². The lowest BCUT2D eigenvalue weighted by Gasteiger charge is -2.09. The summed E-state index contributed by atoms with van der Waals surface area (Å²) in [5.41, 5.74) is 8.95. The van der Waals surface area contributed by atoms with Gasteiger partial charge in [0.25, 0.3) is 0 Å². The van der Waals surface area contributed by atoms with E-state index in [2.05, 4.69) is 87.3 Å². The topological polar surface area (TPSA) is 9.23 Å². The summed E-state index contributed by atoms with van der Waals surface area (Å²) < 4.78 is 6.02. The molecule has 0 amide bonds. The van der Waals surface area contributed by atoms with Gasteiger partial charge in [0.05, 0.1) is 6.61 Å². The molecule has 26 heavy (non-hydrogen) atoms. The fourth-order valence-electron chi connectivity index (χ4n) is 2.24. The predicted molar refractivity (Wildman–Crippen MR) is 121 cm³/mol. The van der Waals surface area contributed by atoms with Crippen molar-refractivity contribution in [2.75, 3.05) is 6.61 Å². The third-order valence-electron chi connectivity index (χ3n) is 3.59. The van der Waals surface area contributed by atoms with Crippen molar-refractivity contribution in [1.82, 2.24) is 0 Å². The van der Waals surface area contributed by atoms with Crippen LogP contribution >= 0.6 is 0 Å². The second-order valence-corrected chi connectivity index (χ2v) is 18.5. The largest absolute Gasteiger partial charge is 0.494 e. The molecule has 0 saturated heterocycles. The third-order valence-corrected chi connectivity index (χ3v) is 5.34. The van der Waals surface area contributed by atoms with E-state index in [9.17, 15) is 0 Å². The zero-order valence-electron chi connectivity index (χ0n) is 17.9. The van der Waals surface area contributed by atoms with Gasteiger partial charge in [0, 0.05) is 11.1 Å². The second-order valence-electron chi connectivity index (χ2n) is 9.01. The summed E-state index contributed by atoms with van der Waals surface area (Å²) in [6, 6.07) is 6.24. The van der Waals surface area contributed by atoms with Crippen molar-refractivity contribution in [2.45, 2.75) is 78.3 Å². The Morgan fingerprint density at radius 2 is 1.23 bits per heavy atom. The summed E-state index contributed by atoms with van der Waals surface area (Å²) in [7, 11) is -2.80. The third kappa shape index (κ3) is 11.2. The van der Waals surface area contributed by atoms with Crippen LogP contribution in [-0.4, -0.2) is 22.8 Å². The molecular formula is C23H36OSi2. The standard InChI is InChI=1S/C23H36OSi2/c1-8-9-10-11-12-15-24-23-19-21(13-16-25(2,3)4)18-22(20-23)14-17-26(5,6)7/h18-20H,8-12,15H2,1-7H3. The van der Waals surface area contributed by atoms with Crippen molar-refractivity contribution in [3.8, 4) is 28.7 Å². The minimum atomic E-state index is -1.40. The Morgan fingerprint density at radius 1 is 0.731 bits per heavy atom. The summed E-state index contributed by atoms with van der Waals surface area (Å²) in [5.74, 6) is 7.62. The maximum atomic E-state index is 6.02. The van der Waals surface area contributed by atoms with E-state index in [0.717, 1.165) is 29.9 Å². The van der Waals surface area contributed by atoms with Crippen molar-refractivity contribution in [1.29, 1.82) is 0 Å². The molecule has 0 atom stereocenters. The second kappa shape index (κ2) is 10.7. The Hall–Kier alpha value is -1.43. The van der Waals surface area contributed by atoms with Crippen LogP contribution in [0.3, 0.4) is 0 Å². The molecule has 0 saturated carbocycles. The van der Waals surface area contributed by atoms with Crippen LogP contribution in [0.4, 0.5) is 0 Å². The van der Waals surface area contributed by atoms with Gasteiger partial charge in [-0.15, -0.1) is 11.1 Å². The number of hydrogen-bond acceptors (Lipinski definition) is 1. The Morgan fingerprint density at radius 3 is 1.69 bits per heavy atom. The van der Waals surface area contributed by atoms with Gasteiger partial charge in [0.1, 0.15) is 21.9 Å². The van der Waals surface area contributed by atoms with Gasteiger partial charge in [0.15, 0.2) is 0 Å². The maximum absolute atomic E-state index is 6.02. The molecule has 0 fully saturated rings. The summed E-state index contributed by atoms with van der Waals surface area (Å²) in [4.78, 5) is 0. The van der Waals surface area contributed by atoms with Gasteiger partial charge in [-0.3, -0.25) is 0 Å². The Kier molecular flexibility index (Phi) is 9.27. The Balaban J connectivity index is 2.92. The van der Waals surface area contributed by atoms with Crippen LogP contribution in [0, 0.1) is 22.9 Å². The van der Waals surface area contributed by atoms with E-state index in [0.29, 0.717) is 0 Å². The highest BCUT2D eigenvalue weighted by Gasteiger charge is 2.09. The number of rotatable bonds is 7. The van der Waals surface area contributed by atoms with Crippen LogP contribution in [0.15, 0.2) is 18.2 Å². The first kappa shape index (κ1) is 22.6. The highest BCUT2D eigenvalue weighted by molar-refractivity contribution is 6.84. The smallest absolute Gasteiger partial charge is 0.129 e. The molecule has 0 aliphatic rings. The van der Waals surface area contributed by atoms with Gasteiger partial charge in [-0.1, -0.05) is 83.7 Å². The SMILES string of the molecule is CCCCCCCOc1cc(C#C[Si](C)(C)C)cc(C#C[Si](C)(C)C)c1. The van der Waals surface area contributed by atoms with Crippen LogP contribution in [-0.2, 0) is 0 Å². The molecule has 0 bridgehead atoms. The number of benzene rings is 1. The number of hydrogen-bond donors (Lipinski definition) is 0. The lowest BCUT2D eigenvalue weighted by Crippen LogP contribution is -2.16. The van der Waals surface area contributed by atoms with E-state index >= 15 is 0 Å². The summed E-state index contributed by atoms with van der Waals surface area (Å²) >= 11 is 0. The van der Waals surface area contributed by atoms with E-state index in [-0.39, 0.29) is 0 Å². The Bertz CT molecular complexity index is 635. The quantitative estimate of drug-likeness (QED) is 0.296. The zero-order valence-corrected chi connectivity index (χ0v) is 19.9. The van der Waals surface area contributed by atoms with E-state index in [4.69, 9.17) is 4.74 Å². The molecule has 0 aliphatic carbocycles. The van der Waals surface area contributed by atoms with Crippen LogP contribution in [0.5, 0.6) is 5.75 Å².